The van der Waals surface area contributed by atoms with Gasteiger partial charge >= 0.3 is 0 Å². The van der Waals surface area contributed by atoms with Gasteiger partial charge in [0.2, 0.25) is 0 Å². The van der Waals surface area contributed by atoms with Gasteiger partial charge in [0, 0.05) is 41.7 Å². The number of aliphatic imine (C=N–C) groups is 1. The van der Waals surface area contributed by atoms with Crippen LogP contribution in [-0.4, -0.2) is 53.3 Å². The van der Waals surface area contributed by atoms with Crippen molar-refractivity contribution in [3.05, 3.63) is 59.2 Å². The quantitative estimate of drug-likeness (QED) is 0.760. The van der Waals surface area contributed by atoms with Crippen LogP contribution >= 0.6 is 0 Å². The number of phenols is 1. The molecule has 0 aromatic heterocycles. The Labute approximate surface area is 187 Å². The molecule has 2 amide bonds. The molecule has 2 unspecified atom stereocenters. The number of anilines is 1. The molecule has 0 radical (unpaired) electrons. The van der Waals surface area contributed by atoms with E-state index in [9.17, 15) is 14.7 Å². The van der Waals surface area contributed by atoms with Gasteiger partial charge in [0.05, 0.1) is 6.54 Å². The van der Waals surface area contributed by atoms with E-state index >= 15 is 0 Å². The SMILES string of the molecule is Cc1ccc(C(=O)NC2CC2)cc1N1CC=NC(N2CCCC2c2ccccc2O)C1=O. The second-order valence-electron chi connectivity index (χ2n) is 8.86. The highest BCUT2D eigenvalue weighted by Crippen LogP contribution is 2.39. The van der Waals surface area contributed by atoms with Crippen LogP contribution in [-0.2, 0) is 4.79 Å². The second-order valence-corrected chi connectivity index (χ2v) is 8.86. The summed E-state index contributed by atoms with van der Waals surface area (Å²) in [4.78, 5) is 34.5. The second kappa shape index (κ2) is 8.39. The van der Waals surface area contributed by atoms with Crippen LogP contribution in [0.4, 0.5) is 5.69 Å². The van der Waals surface area contributed by atoms with Gasteiger partial charge in [-0.3, -0.25) is 19.5 Å². The number of aryl methyl sites for hydroxylation is 1. The Kier molecular flexibility index (Phi) is 5.43. The summed E-state index contributed by atoms with van der Waals surface area (Å²) in [6, 6.07) is 13.1. The highest BCUT2D eigenvalue weighted by atomic mass is 16.3. The molecule has 0 spiro atoms. The monoisotopic (exact) mass is 432 g/mol. The van der Waals surface area contributed by atoms with Crippen molar-refractivity contribution in [1.82, 2.24) is 10.2 Å². The molecule has 5 rings (SSSR count). The molecule has 2 aliphatic heterocycles. The van der Waals surface area contributed by atoms with Gasteiger partial charge in [0.25, 0.3) is 11.8 Å². The first-order chi connectivity index (χ1) is 15.5. The van der Waals surface area contributed by atoms with E-state index in [1.807, 2.05) is 37.3 Å². The summed E-state index contributed by atoms with van der Waals surface area (Å²) in [5.74, 6) is 0.0546. The molecule has 1 saturated carbocycles. The number of rotatable bonds is 5. The van der Waals surface area contributed by atoms with Crippen LogP contribution < -0.4 is 10.2 Å². The molecule has 2 aromatic rings. The lowest BCUT2D eigenvalue weighted by Crippen LogP contribution is -2.51. The van der Waals surface area contributed by atoms with Crippen LogP contribution in [0.2, 0.25) is 0 Å². The number of hydrogen-bond donors (Lipinski definition) is 2. The van der Waals surface area contributed by atoms with Crippen molar-refractivity contribution in [2.45, 2.75) is 50.9 Å². The van der Waals surface area contributed by atoms with E-state index in [0.717, 1.165) is 49.0 Å². The molecule has 0 bridgehead atoms. The summed E-state index contributed by atoms with van der Waals surface area (Å²) in [6.45, 7) is 3.06. The van der Waals surface area contributed by atoms with Gasteiger partial charge in [-0.05, 0) is 56.4 Å². The van der Waals surface area contributed by atoms with E-state index in [-0.39, 0.29) is 29.6 Å². The van der Waals surface area contributed by atoms with Crippen LogP contribution in [0.3, 0.4) is 0 Å². The number of nitrogens with one attached hydrogen (secondary N) is 1. The van der Waals surface area contributed by atoms with Crippen molar-refractivity contribution in [3.8, 4) is 5.75 Å². The van der Waals surface area contributed by atoms with Gasteiger partial charge in [-0.25, -0.2) is 0 Å². The lowest BCUT2D eigenvalue weighted by Gasteiger charge is -2.36. The Morgan fingerprint density at radius 3 is 2.75 bits per heavy atom. The molecule has 2 heterocycles. The van der Waals surface area contributed by atoms with E-state index in [1.165, 1.54) is 0 Å². The molecule has 2 N–H and O–H groups in total. The third kappa shape index (κ3) is 3.88. The van der Waals surface area contributed by atoms with Crippen LogP contribution in [0.1, 0.15) is 53.2 Å². The molecule has 32 heavy (non-hydrogen) atoms. The Balaban J connectivity index is 1.41. The molecule has 2 atom stereocenters. The van der Waals surface area contributed by atoms with Gasteiger partial charge in [-0.15, -0.1) is 0 Å². The number of phenolic OH excluding ortho intramolecular Hbond substituents is 1. The zero-order valence-corrected chi connectivity index (χ0v) is 18.2. The number of carbonyl (C=O) groups excluding carboxylic acids is 2. The van der Waals surface area contributed by atoms with Gasteiger partial charge in [-0.2, -0.15) is 0 Å². The molecule has 1 aliphatic carbocycles. The Bertz CT molecular complexity index is 1080. The number of aromatic hydroxyl groups is 1. The molecule has 2 aromatic carbocycles. The molecule has 1 saturated heterocycles. The average Bonchev–Trinajstić information content (AvgIpc) is 3.47. The van der Waals surface area contributed by atoms with Gasteiger partial charge in [0.1, 0.15) is 5.75 Å². The standard InChI is InChI=1S/C25H28N4O3/c1-16-8-9-17(24(31)27-18-10-11-18)15-21(16)29-14-12-26-23(25(29)32)28-13-4-6-20(28)19-5-2-3-7-22(19)30/h2-3,5,7-9,12,15,18,20,23,30H,4,6,10-11,13-14H2,1H3,(H,27,31). The number of hydrogen-bond acceptors (Lipinski definition) is 5. The summed E-state index contributed by atoms with van der Waals surface area (Å²) in [6.07, 6.45) is 5.01. The fourth-order valence-corrected chi connectivity index (χ4v) is 4.69. The normalized spacial score (nSPS) is 23.5. The van der Waals surface area contributed by atoms with Gasteiger partial charge in [0.15, 0.2) is 6.17 Å². The number of carbonyl (C=O) groups is 2. The van der Waals surface area contributed by atoms with Crippen molar-refractivity contribution < 1.29 is 14.7 Å². The van der Waals surface area contributed by atoms with Crippen LogP contribution in [0.25, 0.3) is 0 Å². The Hall–Kier alpha value is -3.19. The highest BCUT2D eigenvalue weighted by Gasteiger charge is 2.40. The first kappa shape index (κ1) is 20.7. The molecule has 166 valence electrons. The van der Waals surface area contributed by atoms with Gasteiger partial charge < -0.3 is 15.3 Å². The summed E-state index contributed by atoms with van der Waals surface area (Å²) in [5.41, 5.74) is 3.08. The number of para-hydroxylation sites is 1. The zero-order chi connectivity index (χ0) is 22.2. The number of benzene rings is 2. The number of amides is 2. The molecular formula is C25H28N4O3. The van der Waals surface area contributed by atoms with E-state index in [0.29, 0.717) is 12.1 Å². The third-order valence-corrected chi connectivity index (χ3v) is 6.58. The maximum Gasteiger partial charge on any atom is 0.267 e. The van der Waals surface area contributed by atoms with Crippen molar-refractivity contribution in [2.75, 3.05) is 18.0 Å². The number of likely N-dealkylation sites (tertiary alicyclic amines) is 1. The lowest BCUT2D eigenvalue weighted by molar-refractivity contribution is -0.124. The Morgan fingerprint density at radius 1 is 1.16 bits per heavy atom. The highest BCUT2D eigenvalue weighted by molar-refractivity contribution is 6.04. The molecule has 2 fully saturated rings. The predicted molar refractivity (Wildman–Crippen MR) is 123 cm³/mol. The van der Waals surface area contributed by atoms with Gasteiger partial charge in [-0.1, -0.05) is 24.3 Å². The topological polar surface area (TPSA) is 85.2 Å². The summed E-state index contributed by atoms with van der Waals surface area (Å²) >= 11 is 0. The number of nitrogens with zero attached hydrogens (tertiary/aromatic N) is 3. The molecule has 3 aliphatic rings. The largest absolute Gasteiger partial charge is 0.508 e. The fourth-order valence-electron chi connectivity index (χ4n) is 4.69. The van der Waals surface area contributed by atoms with Crippen LogP contribution in [0.5, 0.6) is 5.75 Å². The predicted octanol–water partition coefficient (Wildman–Crippen LogP) is 3.17. The summed E-state index contributed by atoms with van der Waals surface area (Å²) in [5, 5.41) is 13.4. The van der Waals surface area contributed by atoms with Crippen molar-refractivity contribution in [2.24, 2.45) is 4.99 Å². The summed E-state index contributed by atoms with van der Waals surface area (Å²) in [7, 11) is 0. The Morgan fingerprint density at radius 2 is 1.97 bits per heavy atom. The minimum Gasteiger partial charge on any atom is -0.508 e. The van der Waals surface area contributed by atoms with Crippen LogP contribution in [0.15, 0.2) is 47.5 Å². The average molecular weight is 433 g/mol. The van der Waals surface area contributed by atoms with E-state index in [4.69, 9.17) is 0 Å². The summed E-state index contributed by atoms with van der Waals surface area (Å²) < 4.78 is 0. The molecule has 7 heteroatoms. The smallest absolute Gasteiger partial charge is 0.267 e. The van der Waals surface area contributed by atoms with E-state index in [1.54, 1.807) is 23.2 Å². The first-order valence-corrected chi connectivity index (χ1v) is 11.3. The van der Waals surface area contributed by atoms with Crippen molar-refractivity contribution in [3.63, 3.8) is 0 Å². The maximum absolute atomic E-state index is 13.6. The maximum atomic E-state index is 13.6. The minimum atomic E-state index is -0.640. The first-order valence-electron chi connectivity index (χ1n) is 11.3. The van der Waals surface area contributed by atoms with E-state index in [2.05, 4.69) is 15.2 Å². The van der Waals surface area contributed by atoms with Crippen molar-refractivity contribution >= 4 is 23.7 Å². The third-order valence-electron chi connectivity index (χ3n) is 6.58. The lowest BCUT2D eigenvalue weighted by atomic mass is 10.0. The van der Waals surface area contributed by atoms with E-state index < -0.39 is 6.17 Å². The minimum absolute atomic E-state index is 0.0565. The van der Waals surface area contributed by atoms with Crippen molar-refractivity contribution in [1.29, 1.82) is 0 Å². The molecular weight excluding hydrogens is 404 g/mol. The molecule has 7 nitrogen and oxygen atoms in total. The van der Waals surface area contributed by atoms with Crippen LogP contribution in [0, 0.1) is 6.92 Å². The zero-order valence-electron chi connectivity index (χ0n) is 18.2. The fraction of sp³-hybridized carbons (Fsp3) is 0.400.